The van der Waals surface area contributed by atoms with Crippen molar-refractivity contribution in [3.8, 4) is 0 Å². The fourth-order valence-electron chi connectivity index (χ4n) is 3.78. The van der Waals surface area contributed by atoms with Crippen LogP contribution in [0.2, 0.25) is 0 Å². The van der Waals surface area contributed by atoms with E-state index in [1.807, 2.05) is 33.0 Å². The molecular weight excluding hydrogens is 402 g/mol. The van der Waals surface area contributed by atoms with E-state index >= 15 is 0 Å². The van der Waals surface area contributed by atoms with Gasteiger partial charge in [-0.1, -0.05) is 19.9 Å². The molecule has 0 fully saturated rings. The highest BCUT2D eigenvalue weighted by atomic mass is 16.3. The van der Waals surface area contributed by atoms with Crippen LogP contribution in [0.1, 0.15) is 41.9 Å². The molecule has 4 aromatic rings. The number of aromatic nitrogens is 2. The maximum atomic E-state index is 13.0. The van der Waals surface area contributed by atoms with Gasteiger partial charge in [0, 0.05) is 36.2 Å². The summed E-state index contributed by atoms with van der Waals surface area (Å²) in [5, 5.41) is 7.01. The zero-order valence-electron chi connectivity index (χ0n) is 18.3. The number of nitrogens with one attached hydrogen (secondary N) is 2. The lowest BCUT2D eigenvalue weighted by Crippen LogP contribution is -2.12. The Morgan fingerprint density at radius 2 is 1.88 bits per heavy atom. The van der Waals surface area contributed by atoms with E-state index in [-0.39, 0.29) is 11.7 Å². The molecule has 32 heavy (non-hydrogen) atoms. The lowest BCUT2D eigenvalue weighted by atomic mass is 10.1. The molecule has 0 bridgehead atoms. The van der Waals surface area contributed by atoms with Crippen molar-refractivity contribution >= 4 is 39.7 Å². The van der Waals surface area contributed by atoms with E-state index in [1.165, 1.54) is 11.1 Å². The predicted octanol–water partition coefficient (Wildman–Crippen LogP) is 5.61. The monoisotopic (exact) mass is 427 g/mol. The van der Waals surface area contributed by atoms with Gasteiger partial charge >= 0.3 is 0 Å². The van der Waals surface area contributed by atoms with Gasteiger partial charge in [-0.05, 0) is 54.3 Å². The Bertz CT molecular complexity index is 1280. The van der Waals surface area contributed by atoms with Crippen LogP contribution < -0.4 is 10.6 Å². The molecule has 162 valence electrons. The second kappa shape index (κ2) is 9.43. The minimum Gasteiger partial charge on any atom is -0.447 e. The molecule has 3 aromatic heterocycles. The number of hydrogen-bond acceptors (Lipinski definition) is 6. The molecule has 0 atom stereocenters. The number of rotatable bonds is 4. The summed E-state index contributed by atoms with van der Waals surface area (Å²) >= 11 is 0. The van der Waals surface area contributed by atoms with Gasteiger partial charge in [0.2, 0.25) is 5.76 Å². The molecule has 7 nitrogen and oxygen atoms in total. The van der Waals surface area contributed by atoms with Crippen LogP contribution >= 0.6 is 0 Å². The summed E-state index contributed by atoms with van der Waals surface area (Å²) in [6.07, 6.45) is 8.43. The average molecular weight is 428 g/mol. The van der Waals surface area contributed by atoms with Gasteiger partial charge in [-0.15, -0.1) is 0 Å². The smallest absolute Gasteiger partial charge is 0.293 e. The molecule has 5 rings (SSSR count). The van der Waals surface area contributed by atoms with E-state index in [9.17, 15) is 4.79 Å². The summed E-state index contributed by atoms with van der Waals surface area (Å²) in [6.45, 7) is 4.00. The maximum absolute atomic E-state index is 13.0. The Hall–Kier alpha value is -4.00. The lowest BCUT2D eigenvalue weighted by molar-refractivity contribution is 0.0999. The molecule has 0 aliphatic heterocycles. The number of fused-ring (bicyclic) bond motifs is 2. The second-order valence-electron chi connectivity index (χ2n) is 7.04. The normalized spacial score (nSPS) is 13.4. The Morgan fingerprint density at radius 1 is 1.03 bits per heavy atom. The number of aliphatic imine (C=N–C) groups is 1. The van der Waals surface area contributed by atoms with E-state index in [0.29, 0.717) is 17.0 Å². The van der Waals surface area contributed by atoms with Crippen LogP contribution in [0.5, 0.6) is 0 Å². The third kappa shape index (κ3) is 4.09. The molecule has 0 saturated heterocycles. The first-order valence-corrected chi connectivity index (χ1v) is 10.7. The highest BCUT2D eigenvalue weighted by Crippen LogP contribution is 2.34. The maximum Gasteiger partial charge on any atom is 0.293 e. The van der Waals surface area contributed by atoms with Crippen LogP contribution in [-0.2, 0) is 6.42 Å². The topological polar surface area (TPSA) is 92.4 Å². The van der Waals surface area contributed by atoms with Gasteiger partial charge in [0.25, 0.3) is 5.91 Å². The number of pyridine rings is 2. The van der Waals surface area contributed by atoms with Gasteiger partial charge in [-0.2, -0.15) is 0 Å². The molecule has 0 saturated carbocycles. The third-order valence-electron chi connectivity index (χ3n) is 5.21. The second-order valence-corrected chi connectivity index (χ2v) is 7.04. The van der Waals surface area contributed by atoms with Gasteiger partial charge < -0.3 is 15.1 Å². The molecule has 1 amide bonds. The number of furan rings is 1. The number of nitrogens with zero attached hydrogens (tertiary/aromatic N) is 3. The van der Waals surface area contributed by atoms with E-state index in [2.05, 4.69) is 37.7 Å². The van der Waals surface area contributed by atoms with Crippen molar-refractivity contribution in [2.24, 2.45) is 4.99 Å². The van der Waals surface area contributed by atoms with Crippen LogP contribution in [0.3, 0.4) is 0 Å². The average Bonchev–Trinajstić information content (AvgIpc) is 3.42. The Labute approximate surface area is 186 Å². The number of aryl methyl sites for hydroxylation is 1. The van der Waals surface area contributed by atoms with Crippen LogP contribution in [0, 0.1) is 0 Å². The zero-order valence-corrected chi connectivity index (χ0v) is 18.3. The molecule has 3 heterocycles. The summed E-state index contributed by atoms with van der Waals surface area (Å²) in [6, 6.07) is 11.5. The molecule has 1 aliphatic carbocycles. The van der Waals surface area contributed by atoms with Gasteiger partial charge in [-0.25, -0.2) is 0 Å². The van der Waals surface area contributed by atoms with Gasteiger partial charge in [0.05, 0.1) is 23.8 Å². The summed E-state index contributed by atoms with van der Waals surface area (Å²) in [4.78, 5) is 25.5. The first kappa shape index (κ1) is 21.2. The molecule has 1 aromatic carbocycles. The minimum atomic E-state index is -0.358. The Kier molecular flexibility index (Phi) is 6.26. The summed E-state index contributed by atoms with van der Waals surface area (Å²) in [7, 11) is 1.83. The zero-order chi connectivity index (χ0) is 22.5. The minimum absolute atomic E-state index is 0.193. The van der Waals surface area contributed by atoms with Crippen LogP contribution in [0.15, 0.2) is 70.6 Å². The van der Waals surface area contributed by atoms with E-state index in [4.69, 9.17) is 4.42 Å². The quantitative estimate of drug-likeness (QED) is 0.442. The standard InChI is InChI=1S/C23H19N5O2.C2H6/c1-24-19-7-4-14-11-15(5-6-17(14)19)27-21-18-8-10-26-13-20(18)30-22(21)23(29)28-16-3-2-9-25-12-16;1-2/h2-3,5-6,8-13,27H,4,7H2,1H3,(H,28,29);1-2H3. The van der Waals surface area contributed by atoms with Crippen molar-refractivity contribution in [2.45, 2.75) is 26.7 Å². The predicted molar refractivity (Wildman–Crippen MR) is 128 cm³/mol. The van der Waals surface area contributed by atoms with Crippen molar-refractivity contribution in [3.63, 3.8) is 0 Å². The molecule has 7 heteroatoms. The first-order chi connectivity index (χ1) is 15.7. The number of anilines is 3. The van der Waals surface area contributed by atoms with Crippen molar-refractivity contribution < 1.29 is 9.21 Å². The molecule has 0 radical (unpaired) electrons. The van der Waals surface area contributed by atoms with Crippen LogP contribution in [-0.4, -0.2) is 28.6 Å². The SMILES string of the molecule is CC.CN=C1CCc2cc(Nc3c(C(=O)Nc4cccnc4)oc4cnccc34)ccc21. The Balaban J connectivity index is 0.00000119. The van der Waals surface area contributed by atoms with E-state index in [1.54, 1.807) is 36.9 Å². The summed E-state index contributed by atoms with van der Waals surface area (Å²) in [5.74, 6) is -0.165. The summed E-state index contributed by atoms with van der Waals surface area (Å²) in [5.41, 5.74) is 6.20. The highest BCUT2D eigenvalue weighted by molar-refractivity contribution is 6.12. The van der Waals surface area contributed by atoms with Crippen LogP contribution in [0.25, 0.3) is 11.0 Å². The summed E-state index contributed by atoms with van der Waals surface area (Å²) < 4.78 is 5.86. The molecule has 0 unspecified atom stereocenters. The van der Waals surface area contributed by atoms with Gasteiger partial charge in [-0.3, -0.25) is 19.8 Å². The van der Waals surface area contributed by atoms with Crippen molar-refractivity contribution in [1.29, 1.82) is 0 Å². The highest BCUT2D eigenvalue weighted by Gasteiger charge is 2.22. The van der Waals surface area contributed by atoms with E-state index < -0.39 is 0 Å². The number of benzene rings is 1. The fraction of sp³-hybridized carbons (Fsp3) is 0.200. The number of carbonyl (C=O) groups excluding carboxylic acids is 1. The van der Waals surface area contributed by atoms with E-state index in [0.717, 1.165) is 29.6 Å². The molecule has 2 N–H and O–H groups in total. The van der Waals surface area contributed by atoms with Gasteiger partial charge in [0.1, 0.15) is 0 Å². The molecule has 1 aliphatic rings. The van der Waals surface area contributed by atoms with Crippen molar-refractivity contribution in [3.05, 3.63) is 78.1 Å². The number of carbonyl (C=O) groups is 1. The third-order valence-corrected chi connectivity index (χ3v) is 5.21. The van der Waals surface area contributed by atoms with Crippen LogP contribution in [0.4, 0.5) is 17.1 Å². The van der Waals surface area contributed by atoms with Gasteiger partial charge in [0.15, 0.2) is 5.58 Å². The lowest BCUT2D eigenvalue weighted by Gasteiger charge is -2.10. The Morgan fingerprint density at radius 3 is 2.66 bits per heavy atom. The molecule has 0 spiro atoms. The molecular formula is C25H25N5O2. The first-order valence-electron chi connectivity index (χ1n) is 10.7. The number of hydrogen-bond donors (Lipinski definition) is 2. The van der Waals surface area contributed by atoms with Crippen molar-refractivity contribution in [2.75, 3.05) is 17.7 Å². The van der Waals surface area contributed by atoms with Crippen molar-refractivity contribution in [1.82, 2.24) is 9.97 Å². The fourth-order valence-corrected chi connectivity index (χ4v) is 3.78. The largest absolute Gasteiger partial charge is 0.447 e. The number of amides is 1.